The van der Waals surface area contributed by atoms with E-state index in [-0.39, 0.29) is 24.1 Å². The summed E-state index contributed by atoms with van der Waals surface area (Å²) in [6.45, 7) is 8.38. The van der Waals surface area contributed by atoms with Crippen molar-refractivity contribution in [1.29, 1.82) is 0 Å². The highest BCUT2D eigenvalue weighted by molar-refractivity contribution is 5.95. The SMILES string of the molecule is CCOCCOc1cc(C(=O)N(CC)CC)ccc1Nc1nc2ccc(-c3ccc(NC(=O)Cc4ccc(F)cc4)cc3)cn2n1. The normalized spacial score (nSPS) is 11.0. The summed E-state index contributed by atoms with van der Waals surface area (Å²) < 4.78 is 26.3. The average Bonchev–Trinajstić information content (AvgIpc) is 3.47. The molecule has 0 radical (unpaired) electrons. The number of anilines is 3. The summed E-state index contributed by atoms with van der Waals surface area (Å²) in [5.41, 5.74) is 5.04. The van der Waals surface area contributed by atoms with Gasteiger partial charge in [-0.2, -0.15) is 4.98 Å². The predicted molar refractivity (Wildman–Crippen MR) is 176 cm³/mol. The van der Waals surface area contributed by atoms with Gasteiger partial charge in [-0.15, -0.1) is 5.10 Å². The highest BCUT2D eigenvalue weighted by Crippen LogP contribution is 2.29. The van der Waals surface area contributed by atoms with E-state index in [0.717, 1.165) is 16.7 Å². The molecule has 46 heavy (non-hydrogen) atoms. The minimum absolute atomic E-state index is 0.0648. The number of rotatable bonds is 14. The standard InChI is InChI=1S/C35H37FN6O4/c1-4-41(5-2)34(44)26-11-17-30(31(22-26)46-20-19-45-6-3)38-35-39-32-18-12-27(23-42(32)40-35)25-9-15-29(16-10-25)37-33(43)21-24-7-13-28(36)14-8-24/h7-18,22-23H,4-6,19-21H2,1-3H3,(H,37,43)(H,38,40). The second-order valence-corrected chi connectivity index (χ2v) is 10.4. The molecule has 2 amide bonds. The topological polar surface area (TPSA) is 110 Å². The number of carbonyl (C=O) groups excluding carboxylic acids is 2. The number of hydrogen-bond donors (Lipinski definition) is 2. The molecule has 11 heteroatoms. The first-order valence-electron chi connectivity index (χ1n) is 15.3. The molecule has 0 saturated carbocycles. The van der Waals surface area contributed by atoms with Gasteiger partial charge < -0.3 is 25.0 Å². The number of carbonyl (C=O) groups is 2. The fourth-order valence-electron chi connectivity index (χ4n) is 4.89. The molecular weight excluding hydrogens is 587 g/mol. The largest absolute Gasteiger partial charge is 0.489 e. The Kier molecular flexibility index (Phi) is 10.6. The first kappa shape index (κ1) is 32.1. The third-order valence-corrected chi connectivity index (χ3v) is 7.33. The van der Waals surface area contributed by atoms with E-state index >= 15 is 0 Å². The highest BCUT2D eigenvalue weighted by Gasteiger charge is 2.17. The number of benzene rings is 3. The lowest BCUT2D eigenvalue weighted by molar-refractivity contribution is -0.115. The van der Waals surface area contributed by atoms with Crippen molar-refractivity contribution in [2.75, 3.05) is 43.5 Å². The van der Waals surface area contributed by atoms with Gasteiger partial charge in [0.15, 0.2) is 5.65 Å². The Morgan fingerprint density at radius 1 is 0.891 bits per heavy atom. The van der Waals surface area contributed by atoms with E-state index in [9.17, 15) is 14.0 Å². The summed E-state index contributed by atoms with van der Waals surface area (Å²) in [6.07, 6.45) is 2.03. The third kappa shape index (κ3) is 8.05. The van der Waals surface area contributed by atoms with Crippen LogP contribution in [0.4, 0.5) is 21.7 Å². The number of amides is 2. The van der Waals surface area contributed by atoms with Crippen LogP contribution in [0.1, 0.15) is 36.7 Å². The number of ether oxygens (including phenoxy) is 2. The number of nitrogens with zero attached hydrogens (tertiary/aromatic N) is 4. The lowest BCUT2D eigenvalue weighted by atomic mass is 10.1. The van der Waals surface area contributed by atoms with Crippen molar-refractivity contribution in [3.8, 4) is 16.9 Å². The van der Waals surface area contributed by atoms with Gasteiger partial charge in [0.25, 0.3) is 5.91 Å². The zero-order valence-corrected chi connectivity index (χ0v) is 26.1. The molecule has 0 saturated heterocycles. The van der Waals surface area contributed by atoms with Crippen molar-refractivity contribution in [2.24, 2.45) is 0 Å². The zero-order valence-electron chi connectivity index (χ0n) is 26.1. The first-order valence-corrected chi connectivity index (χ1v) is 15.3. The van der Waals surface area contributed by atoms with Crippen LogP contribution in [0.2, 0.25) is 0 Å². The second-order valence-electron chi connectivity index (χ2n) is 10.4. The van der Waals surface area contributed by atoms with E-state index in [1.54, 1.807) is 39.7 Å². The molecular formula is C35H37FN6O4. The fraction of sp³-hybridized carbons (Fsp3) is 0.257. The molecule has 0 aliphatic heterocycles. The van der Waals surface area contributed by atoms with Gasteiger partial charge in [-0.3, -0.25) is 9.59 Å². The van der Waals surface area contributed by atoms with E-state index < -0.39 is 0 Å². The van der Waals surface area contributed by atoms with Crippen molar-refractivity contribution >= 4 is 34.8 Å². The molecule has 5 rings (SSSR count). The summed E-state index contributed by atoms with van der Waals surface area (Å²) in [4.78, 5) is 31.8. The Morgan fingerprint density at radius 2 is 1.63 bits per heavy atom. The highest BCUT2D eigenvalue weighted by atomic mass is 19.1. The van der Waals surface area contributed by atoms with Crippen LogP contribution in [-0.2, 0) is 16.0 Å². The van der Waals surface area contributed by atoms with Gasteiger partial charge in [0.2, 0.25) is 11.9 Å². The van der Waals surface area contributed by atoms with Crippen LogP contribution in [0.15, 0.2) is 85.1 Å². The van der Waals surface area contributed by atoms with Gasteiger partial charge >= 0.3 is 0 Å². The van der Waals surface area contributed by atoms with Crippen molar-refractivity contribution in [3.63, 3.8) is 0 Å². The maximum Gasteiger partial charge on any atom is 0.253 e. The Labute approximate surface area is 267 Å². The molecule has 238 valence electrons. The van der Waals surface area contributed by atoms with Gasteiger partial charge in [0, 0.05) is 42.7 Å². The predicted octanol–water partition coefficient (Wildman–Crippen LogP) is 6.36. The molecule has 0 unspecified atom stereocenters. The van der Waals surface area contributed by atoms with E-state index in [4.69, 9.17) is 9.47 Å². The first-order chi connectivity index (χ1) is 22.4. The lowest BCUT2D eigenvalue weighted by Gasteiger charge is -2.20. The van der Waals surface area contributed by atoms with Crippen molar-refractivity contribution in [2.45, 2.75) is 27.2 Å². The van der Waals surface area contributed by atoms with Crippen molar-refractivity contribution in [3.05, 3.63) is 102 Å². The molecule has 0 aliphatic rings. The monoisotopic (exact) mass is 624 g/mol. The Hall–Kier alpha value is -5.29. The number of pyridine rings is 1. The maximum atomic E-state index is 13.1. The minimum Gasteiger partial charge on any atom is -0.489 e. The Morgan fingerprint density at radius 3 is 2.35 bits per heavy atom. The van der Waals surface area contributed by atoms with Crippen LogP contribution in [-0.4, -0.2) is 64.2 Å². The number of nitrogens with one attached hydrogen (secondary N) is 2. The third-order valence-electron chi connectivity index (χ3n) is 7.33. The zero-order chi connectivity index (χ0) is 32.5. The van der Waals surface area contributed by atoms with Crippen molar-refractivity contribution in [1.82, 2.24) is 19.5 Å². The summed E-state index contributed by atoms with van der Waals surface area (Å²) in [6, 6.07) is 22.5. The molecule has 0 aliphatic carbocycles. The molecule has 0 bridgehead atoms. The van der Waals surface area contributed by atoms with Crippen molar-refractivity contribution < 1.29 is 23.5 Å². The van der Waals surface area contributed by atoms with E-state index in [0.29, 0.717) is 67.2 Å². The molecule has 5 aromatic rings. The Balaban J connectivity index is 1.29. The average molecular weight is 625 g/mol. The smallest absolute Gasteiger partial charge is 0.253 e. The van der Waals surface area contributed by atoms with Gasteiger partial charge in [-0.1, -0.05) is 24.3 Å². The second kappa shape index (κ2) is 15.1. The van der Waals surface area contributed by atoms with Crippen LogP contribution in [0, 0.1) is 5.82 Å². The van der Waals surface area contributed by atoms with Crippen LogP contribution < -0.4 is 15.4 Å². The van der Waals surface area contributed by atoms with Crippen LogP contribution in [0.25, 0.3) is 16.8 Å². The summed E-state index contributed by atoms with van der Waals surface area (Å²) in [5.74, 6) is 0.288. The molecule has 10 nitrogen and oxygen atoms in total. The lowest BCUT2D eigenvalue weighted by Crippen LogP contribution is -2.30. The van der Waals surface area contributed by atoms with Crippen LogP contribution in [0.5, 0.6) is 5.75 Å². The molecule has 0 atom stereocenters. The number of fused-ring (bicyclic) bond motifs is 1. The Bertz CT molecular complexity index is 1790. The fourth-order valence-corrected chi connectivity index (χ4v) is 4.89. The van der Waals surface area contributed by atoms with Gasteiger partial charge in [0.05, 0.1) is 18.7 Å². The number of aromatic nitrogens is 3. The van der Waals surface area contributed by atoms with E-state index in [1.807, 2.05) is 63.4 Å². The van der Waals surface area contributed by atoms with Crippen LogP contribution in [0.3, 0.4) is 0 Å². The van der Waals surface area contributed by atoms with Crippen LogP contribution >= 0.6 is 0 Å². The van der Waals surface area contributed by atoms with Gasteiger partial charge in [0.1, 0.15) is 18.2 Å². The quantitative estimate of drug-likeness (QED) is 0.138. The number of halogens is 1. The molecule has 2 aromatic heterocycles. The molecule has 0 spiro atoms. The molecule has 3 aromatic carbocycles. The summed E-state index contributed by atoms with van der Waals surface area (Å²) in [5, 5.41) is 10.7. The molecule has 2 N–H and O–H groups in total. The minimum atomic E-state index is -0.334. The summed E-state index contributed by atoms with van der Waals surface area (Å²) >= 11 is 0. The van der Waals surface area contributed by atoms with Gasteiger partial charge in [-0.25, -0.2) is 8.91 Å². The molecule has 2 heterocycles. The maximum absolute atomic E-state index is 13.1. The summed E-state index contributed by atoms with van der Waals surface area (Å²) in [7, 11) is 0. The number of hydrogen-bond acceptors (Lipinski definition) is 7. The van der Waals surface area contributed by atoms with E-state index in [1.165, 1.54) is 12.1 Å². The molecule has 0 fully saturated rings. The van der Waals surface area contributed by atoms with E-state index in [2.05, 4.69) is 20.7 Å². The van der Waals surface area contributed by atoms with Gasteiger partial charge in [-0.05, 0) is 86.5 Å².